The normalized spacial score (nSPS) is 14.2. The summed E-state index contributed by atoms with van der Waals surface area (Å²) < 4.78 is 5.02. The summed E-state index contributed by atoms with van der Waals surface area (Å²) in [5.41, 5.74) is 3.19. The molecule has 0 unspecified atom stereocenters. The second kappa shape index (κ2) is 7.21. The molecule has 6 heteroatoms. The number of nitrogens with zero attached hydrogens (tertiary/aromatic N) is 4. The SMILES string of the molecule is CCOC(=O)c1cnc(N2CCC=C(c3ccccn3)C2)nc1C. The summed E-state index contributed by atoms with van der Waals surface area (Å²) >= 11 is 0. The van der Waals surface area contributed by atoms with Crippen molar-refractivity contribution in [1.82, 2.24) is 15.0 Å². The highest BCUT2D eigenvalue weighted by Gasteiger charge is 2.19. The van der Waals surface area contributed by atoms with Gasteiger partial charge < -0.3 is 9.64 Å². The highest BCUT2D eigenvalue weighted by molar-refractivity contribution is 5.90. The number of esters is 1. The van der Waals surface area contributed by atoms with E-state index in [1.54, 1.807) is 26.2 Å². The molecular formula is C18H20N4O2. The molecule has 0 fully saturated rings. The molecule has 3 heterocycles. The summed E-state index contributed by atoms with van der Waals surface area (Å²) in [6.07, 6.45) is 6.46. The third kappa shape index (κ3) is 3.42. The van der Waals surface area contributed by atoms with Crippen LogP contribution in [0.2, 0.25) is 0 Å². The van der Waals surface area contributed by atoms with Crippen LogP contribution in [0, 0.1) is 6.92 Å². The van der Waals surface area contributed by atoms with E-state index in [1.807, 2.05) is 18.2 Å². The lowest BCUT2D eigenvalue weighted by atomic mass is 10.1. The lowest BCUT2D eigenvalue weighted by Crippen LogP contribution is -2.31. The fourth-order valence-electron chi connectivity index (χ4n) is 2.67. The van der Waals surface area contributed by atoms with Crippen LogP contribution < -0.4 is 4.90 Å². The van der Waals surface area contributed by atoms with Gasteiger partial charge in [-0.15, -0.1) is 0 Å². The highest BCUT2D eigenvalue weighted by Crippen LogP contribution is 2.22. The molecule has 6 nitrogen and oxygen atoms in total. The van der Waals surface area contributed by atoms with Crippen LogP contribution >= 0.6 is 0 Å². The smallest absolute Gasteiger partial charge is 0.341 e. The summed E-state index contributed by atoms with van der Waals surface area (Å²) in [6, 6.07) is 5.90. The van der Waals surface area contributed by atoms with Gasteiger partial charge in [0.1, 0.15) is 0 Å². The topological polar surface area (TPSA) is 68.2 Å². The van der Waals surface area contributed by atoms with Crippen LogP contribution in [0.3, 0.4) is 0 Å². The fourth-order valence-corrected chi connectivity index (χ4v) is 2.67. The molecule has 0 saturated heterocycles. The van der Waals surface area contributed by atoms with Crippen LogP contribution in [-0.2, 0) is 4.74 Å². The Morgan fingerprint density at radius 1 is 1.33 bits per heavy atom. The fraction of sp³-hybridized carbons (Fsp3) is 0.333. The van der Waals surface area contributed by atoms with E-state index in [9.17, 15) is 4.79 Å². The second-order valence-electron chi connectivity index (χ2n) is 5.54. The van der Waals surface area contributed by atoms with Gasteiger partial charge in [0.25, 0.3) is 0 Å². The van der Waals surface area contributed by atoms with E-state index in [-0.39, 0.29) is 5.97 Å². The first-order chi connectivity index (χ1) is 11.7. The molecule has 0 radical (unpaired) electrons. The zero-order valence-electron chi connectivity index (χ0n) is 13.9. The number of carbonyl (C=O) groups is 1. The van der Waals surface area contributed by atoms with Crippen molar-refractivity contribution in [1.29, 1.82) is 0 Å². The van der Waals surface area contributed by atoms with Crippen LogP contribution in [0.15, 0.2) is 36.7 Å². The van der Waals surface area contributed by atoms with Crippen LogP contribution in [-0.4, -0.2) is 40.6 Å². The lowest BCUT2D eigenvalue weighted by molar-refractivity contribution is 0.0524. The summed E-state index contributed by atoms with van der Waals surface area (Å²) in [5.74, 6) is 0.247. The minimum absolute atomic E-state index is 0.338. The van der Waals surface area contributed by atoms with E-state index in [4.69, 9.17) is 4.74 Å². The Kier molecular flexibility index (Phi) is 4.84. The molecule has 3 rings (SSSR count). The summed E-state index contributed by atoms with van der Waals surface area (Å²) in [4.78, 5) is 27.2. The maximum Gasteiger partial charge on any atom is 0.341 e. The number of rotatable bonds is 4. The predicted molar refractivity (Wildman–Crippen MR) is 91.8 cm³/mol. The van der Waals surface area contributed by atoms with Gasteiger partial charge in [0.05, 0.1) is 23.6 Å². The maximum absolute atomic E-state index is 11.9. The molecule has 2 aromatic heterocycles. The third-order valence-electron chi connectivity index (χ3n) is 3.89. The first kappa shape index (κ1) is 16.1. The number of carbonyl (C=O) groups excluding carboxylic acids is 1. The standard InChI is InChI=1S/C18H20N4O2/c1-3-24-17(23)15-11-20-18(21-13(15)2)22-10-6-7-14(12-22)16-8-4-5-9-19-16/h4-5,7-9,11H,3,6,10,12H2,1-2H3. The first-order valence-electron chi connectivity index (χ1n) is 8.05. The van der Waals surface area contributed by atoms with Gasteiger partial charge in [0.15, 0.2) is 0 Å². The number of aryl methyl sites for hydroxylation is 1. The van der Waals surface area contributed by atoms with Crippen molar-refractivity contribution >= 4 is 17.5 Å². The minimum atomic E-state index is -0.380. The molecule has 24 heavy (non-hydrogen) atoms. The number of hydrogen-bond donors (Lipinski definition) is 0. The highest BCUT2D eigenvalue weighted by atomic mass is 16.5. The van der Waals surface area contributed by atoms with Crippen LogP contribution in [0.1, 0.15) is 35.1 Å². The molecule has 0 amide bonds. The van der Waals surface area contributed by atoms with Gasteiger partial charge in [-0.05, 0) is 38.0 Å². The Labute approximate surface area is 141 Å². The van der Waals surface area contributed by atoms with Crippen molar-refractivity contribution in [2.45, 2.75) is 20.3 Å². The largest absolute Gasteiger partial charge is 0.462 e. The summed E-state index contributed by atoms with van der Waals surface area (Å²) in [6.45, 7) is 5.46. The Morgan fingerprint density at radius 3 is 2.92 bits per heavy atom. The van der Waals surface area contributed by atoms with E-state index < -0.39 is 0 Å². The van der Waals surface area contributed by atoms with Gasteiger partial charge >= 0.3 is 5.97 Å². The molecule has 0 spiro atoms. The number of pyridine rings is 1. The lowest BCUT2D eigenvalue weighted by Gasteiger charge is -2.27. The van der Waals surface area contributed by atoms with E-state index in [0.29, 0.717) is 30.4 Å². The van der Waals surface area contributed by atoms with E-state index in [1.165, 1.54) is 0 Å². The Balaban J connectivity index is 1.79. The van der Waals surface area contributed by atoms with Gasteiger partial charge in [-0.3, -0.25) is 4.98 Å². The summed E-state index contributed by atoms with van der Waals surface area (Å²) in [7, 11) is 0. The molecule has 0 bridgehead atoms. The third-order valence-corrected chi connectivity index (χ3v) is 3.89. The number of anilines is 1. The second-order valence-corrected chi connectivity index (χ2v) is 5.54. The minimum Gasteiger partial charge on any atom is -0.462 e. The van der Waals surface area contributed by atoms with Crippen molar-refractivity contribution in [3.05, 3.63) is 53.6 Å². The Hall–Kier alpha value is -2.76. The van der Waals surface area contributed by atoms with Gasteiger partial charge in [-0.2, -0.15) is 0 Å². The van der Waals surface area contributed by atoms with Gasteiger partial charge in [0.2, 0.25) is 5.95 Å². The van der Waals surface area contributed by atoms with Crippen molar-refractivity contribution < 1.29 is 9.53 Å². The zero-order chi connectivity index (χ0) is 16.9. The molecule has 0 saturated carbocycles. The molecule has 2 aromatic rings. The molecule has 0 atom stereocenters. The molecule has 0 N–H and O–H groups in total. The van der Waals surface area contributed by atoms with Crippen LogP contribution in [0.5, 0.6) is 0 Å². The molecule has 0 aliphatic carbocycles. The van der Waals surface area contributed by atoms with Gasteiger partial charge in [0, 0.05) is 25.5 Å². The predicted octanol–water partition coefficient (Wildman–Crippen LogP) is 2.65. The van der Waals surface area contributed by atoms with Crippen molar-refractivity contribution in [3.63, 3.8) is 0 Å². The molecular weight excluding hydrogens is 304 g/mol. The molecule has 0 aromatic carbocycles. The monoisotopic (exact) mass is 324 g/mol. The number of ether oxygens (including phenoxy) is 1. The Morgan fingerprint density at radius 2 is 2.21 bits per heavy atom. The zero-order valence-corrected chi connectivity index (χ0v) is 13.9. The van der Waals surface area contributed by atoms with E-state index in [2.05, 4.69) is 25.9 Å². The molecule has 1 aliphatic heterocycles. The van der Waals surface area contributed by atoms with Gasteiger partial charge in [-0.25, -0.2) is 14.8 Å². The number of aromatic nitrogens is 3. The molecule has 124 valence electrons. The van der Waals surface area contributed by atoms with E-state index in [0.717, 1.165) is 24.2 Å². The number of hydrogen-bond acceptors (Lipinski definition) is 6. The quantitative estimate of drug-likeness (QED) is 0.805. The first-order valence-corrected chi connectivity index (χ1v) is 8.05. The maximum atomic E-state index is 11.9. The van der Waals surface area contributed by atoms with Crippen molar-refractivity contribution in [2.24, 2.45) is 0 Å². The van der Waals surface area contributed by atoms with Crippen LogP contribution in [0.25, 0.3) is 5.57 Å². The van der Waals surface area contributed by atoms with Gasteiger partial charge in [-0.1, -0.05) is 12.1 Å². The average Bonchev–Trinajstić information content (AvgIpc) is 2.62. The summed E-state index contributed by atoms with van der Waals surface area (Å²) in [5, 5.41) is 0. The molecule has 1 aliphatic rings. The Bertz CT molecular complexity index is 759. The van der Waals surface area contributed by atoms with Crippen molar-refractivity contribution in [2.75, 3.05) is 24.6 Å². The average molecular weight is 324 g/mol. The van der Waals surface area contributed by atoms with Crippen molar-refractivity contribution in [3.8, 4) is 0 Å². The van der Waals surface area contributed by atoms with E-state index >= 15 is 0 Å². The van der Waals surface area contributed by atoms with Crippen LogP contribution in [0.4, 0.5) is 5.95 Å².